The fourth-order valence-corrected chi connectivity index (χ4v) is 7.57. The summed E-state index contributed by atoms with van der Waals surface area (Å²) in [5, 5.41) is 6.16. The van der Waals surface area contributed by atoms with E-state index in [9.17, 15) is 18.4 Å². The monoisotopic (exact) mass is 484 g/mol. The van der Waals surface area contributed by atoms with Crippen LogP contribution in [0.5, 0.6) is 0 Å². The highest BCUT2D eigenvalue weighted by Gasteiger charge is 2.51. The average Bonchev–Trinajstić information content (AvgIpc) is 2.76. The first-order valence-corrected chi connectivity index (χ1v) is 13.1. The van der Waals surface area contributed by atoms with Gasteiger partial charge in [-0.1, -0.05) is 18.2 Å². The maximum Gasteiger partial charge on any atom is 0.252 e. The standard InChI is InChI=1S/C27H30F2N2O2S/c1-16(21-7-6-20(28)11-23(21)29)30-26(33)22-4-2-3-5-24(22)34-15-25(32)31-27-12-17-8-18(13-27)10-19(9-17)14-27/h2-7,11,16-19H,8-10,12-15H2,1H3,(H,30,33)(H,31,32). The molecule has 180 valence electrons. The summed E-state index contributed by atoms with van der Waals surface area (Å²) in [4.78, 5) is 26.6. The quantitative estimate of drug-likeness (QED) is 0.501. The number of carbonyl (C=O) groups is 2. The predicted molar refractivity (Wildman–Crippen MR) is 128 cm³/mol. The van der Waals surface area contributed by atoms with Crippen LogP contribution in [-0.4, -0.2) is 23.1 Å². The van der Waals surface area contributed by atoms with Crippen LogP contribution in [0.1, 0.15) is 67.4 Å². The third kappa shape index (κ3) is 4.85. The Bertz CT molecular complexity index is 1070. The minimum absolute atomic E-state index is 0.0175. The van der Waals surface area contributed by atoms with Crippen LogP contribution in [-0.2, 0) is 4.79 Å². The van der Waals surface area contributed by atoms with Crippen LogP contribution in [0, 0.1) is 29.4 Å². The molecule has 4 bridgehead atoms. The van der Waals surface area contributed by atoms with Crippen molar-refractivity contribution in [2.24, 2.45) is 17.8 Å². The molecule has 0 spiro atoms. The molecule has 4 fully saturated rings. The van der Waals surface area contributed by atoms with Gasteiger partial charge in [0.15, 0.2) is 0 Å². The number of rotatable bonds is 7. The fraction of sp³-hybridized carbons (Fsp3) is 0.481. The third-order valence-electron chi connectivity index (χ3n) is 7.71. The van der Waals surface area contributed by atoms with E-state index in [1.54, 1.807) is 19.1 Å². The van der Waals surface area contributed by atoms with Crippen molar-refractivity contribution >= 4 is 23.6 Å². The molecule has 0 aliphatic heterocycles. The number of nitrogens with one attached hydrogen (secondary N) is 2. The topological polar surface area (TPSA) is 58.2 Å². The Balaban J connectivity index is 1.21. The summed E-state index contributed by atoms with van der Waals surface area (Å²) in [6.45, 7) is 1.66. The summed E-state index contributed by atoms with van der Waals surface area (Å²) in [5.41, 5.74) is 0.622. The second-order valence-electron chi connectivity index (χ2n) is 10.4. The molecule has 34 heavy (non-hydrogen) atoms. The molecular formula is C27H30F2N2O2S. The number of hydrogen-bond acceptors (Lipinski definition) is 3. The third-order valence-corrected chi connectivity index (χ3v) is 8.78. The summed E-state index contributed by atoms with van der Waals surface area (Å²) in [6, 6.07) is 9.80. The molecular weight excluding hydrogens is 454 g/mol. The SMILES string of the molecule is CC(NC(=O)c1ccccc1SCC(=O)NC12CC3CC(CC(C3)C1)C2)c1ccc(F)cc1F. The molecule has 2 N–H and O–H groups in total. The van der Waals surface area contributed by atoms with Crippen LogP contribution in [0.25, 0.3) is 0 Å². The van der Waals surface area contributed by atoms with E-state index in [2.05, 4.69) is 10.6 Å². The van der Waals surface area contributed by atoms with Crippen molar-refractivity contribution in [3.05, 3.63) is 65.2 Å². The number of hydrogen-bond donors (Lipinski definition) is 2. The number of benzene rings is 2. The zero-order valence-corrected chi connectivity index (χ0v) is 20.1. The summed E-state index contributed by atoms with van der Waals surface area (Å²) < 4.78 is 27.3. The van der Waals surface area contributed by atoms with Crippen LogP contribution in [0.2, 0.25) is 0 Å². The molecule has 6 rings (SSSR count). The lowest BCUT2D eigenvalue weighted by molar-refractivity contribution is -0.124. The molecule has 4 nitrogen and oxygen atoms in total. The first-order valence-electron chi connectivity index (χ1n) is 12.1. The lowest BCUT2D eigenvalue weighted by atomic mass is 9.53. The van der Waals surface area contributed by atoms with Gasteiger partial charge in [0.05, 0.1) is 17.4 Å². The predicted octanol–water partition coefficient (Wildman–Crippen LogP) is 5.63. The Morgan fingerprint density at radius 2 is 1.68 bits per heavy atom. The highest BCUT2D eigenvalue weighted by atomic mass is 32.2. The van der Waals surface area contributed by atoms with Gasteiger partial charge >= 0.3 is 0 Å². The van der Waals surface area contributed by atoms with Gasteiger partial charge < -0.3 is 10.6 Å². The van der Waals surface area contributed by atoms with Gasteiger partial charge in [0.25, 0.3) is 5.91 Å². The van der Waals surface area contributed by atoms with Gasteiger partial charge in [0, 0.05) is 22.1 Å². The van der Waals surface area contributed by atoms with E-state index in [4.69, 9.17) is 0 Å². The summed E-state index contributed by atoms with van der Waals surface area (Å²) in [6.07, 6.45) is 7.29. The van der Waals surface area contributed by atoms with E-state index in [0.717, 1.165) is 43.1 Å². The maximum atomic E-state index is 14.1. The Hall–Kier alpha value is -2.41. The number of halogens is 2. The molecule has 0 aromatic heterocycles. The molecule has 7 heteroatoms. The van der Waals surface area contributed by atoms with Crippen LogP contribution in [0.4, 0.5) is 8.78 Å². The van der Waals surface area contributed by atoms with Gasteiger partial charge in [-0.05, 0) is 81.4 Å². The van der Waals surface area contributed by atoms with Crippen LogP contribution in [0.15, 0.2) is 47.4 Å². The van der Waals surface area contributed by atoms with Crippen molar-refractivity contribution in [3.8, 4) is 0 Å². The molecule has 1 unspecified atom stereocenters. The van der Waals surface area contributed by atoms with E-state index in [-0.39, 0.29) is 28.7 Å². The molecule has 2 aromatic carbocycles. The Morgan fingerprint density at radius 3 is 2.32 bits per heavy atom. The van der Waals surface area contributed by atoms with E-state index < -0.39 is 17.7 Å². The molecule has 2 amide bonds. The van der Waals surface area contributed by atoms with E-state index in [1.165, 1.54) is 43.2 Å². The molecule has 0 saturated heterocycles. The second-order valence-corrected chi connectivity index (χ2v) is 11.4. The first kappa shape index (κ1) is 23.3. The molecule has 4 aliphatic carbocycles. The summed E-state index contributed by atoms with van der Waals surface area (Å²) in [5.74, 6) is 0.827. The smallest absolute Gasteiger partial charge is 0.252 e. The van der Waals surface area contributed by atoms with Gasteiger partial charge in [0.1, 0.15) is 11.6 Å². The van der Waals surface area contributed by atoms with Gasteiger partial charge in [-0.15, -0.1) is 11.8 Å². The van der Waals surface area contributed by atoms with E-state index >= 15 is 0 Å². The van der Waals surface area contributed by atoms with Crippen molar-refractivity contribution in [3.63, 3.8) is 0 Å². The van der Waals surface area contributed by atoms with Gasteiger partial charge in [-0.3, -0.25) is 9.59 Å². The summed E-state index contributed by atoms with van der Waals surface area (Å²) >= 11 is 1.34. The van der Waals surface area contributed by atoms with Gasteiger partial charge in [0.2, 0.25) is 5.91 Å². The minimum atomic E-state index is -0.697. The van der Waals surface area contributed by atoms with Gasteiger partial charge in [-0.25, -0.2) is 8.78 Å². The lowest BCUT2D eigenvalue weighted by Gasteiger charge is -2.56. The molecule has 1 atom stereocenters. The van der Waals surface area contributed by atoms with E-state index in [1.807, 2.05) is 12.1 Å². The fourth-order valence-electron chi connectivity index (χ4n) is 6.72. The molecule has 2 aromatic rings. The van der Waals surface area contributed by atoms with Gasteiger partial charge in [-0.2, -0.15) is 0 Å². The first-order chi connectivity index (χ1) is 16.3. The molecule has 4 saturated carbocycles. The summed E-state index contributed by atoms with van der Waals surface area (Å²) in [7, 11) is 0. The molecule has 0 heterocycles. The van der Waals surface area contributed by atoms with E-state index in [0.29, 0.717) is 10.5 Å². The Labute approximate surface area is 203 Å². The van der Waals surface area contributed by atoms with Crippen molar-refractivity contribution in [2.45, 2.75) is 61.9 Å². The van der Waals surface area contributed by atoms with Crippen LogP contribution >= 0.6 is 11.8 Å². The van der Waals surface area contributed by atoms with Crippen molar-refractivity contribution in [2.75, 3.05) is 5.75 Å². The van der Waals surface area contributed by atoms with Crippen molar-refractivity contribution in [1.29, 1.82) is 0 Å². The highest BCUT2D eigenvalue weighted by Crippen LogP contribution is 2.55. The van der Waals surface area contributed by atoms with Crippen LogP contribution in [0.3, 0.4) is 0 Å². The Kier molecular flexibility index (Phi) is 6.40. The van der Waals surface area contributed by atoms with Crippen LogP contribution < -0.4 is 10.6 Å². The highest BCUT2D eigenvalue weighted by molar-refractivity contribution is 8.00. The van der Waals surface area contributed by atoms with Crippen molar-refractivity contribution < 1.29 is 18.4 Å². The minimum Gasteiger partial charge on any atom is -0.350 e. The normalized spacial score (nSPS) is 27.9. The number of carbonyl (C=O) groups excluding carboxylic acids is 2. The van der Waals surface area contributed by atoms with Crippen molar-refractivity contribution in [1.82, 2.24) is 10.6 Å². The average molecular weight is 485 g/mol. The maximum absolute atomic E-state index is 14.1. The number of thioether (sulfide) groups is 1. The Morgan fingerprint density at radius 1 is 1.03 bits per heavy atom. The lowest BCUT2D eigenvalue weighted by Crippen LogP contribution is -2.60. The zero-order valence-electron chi connectivity index (χ0n) is 19.3. The largest absolute Gasteiger partial charge is 0.350 e. The number of amides is 2. The second kappa shape index (κ2) is 9.33. The molecule has 4 aliphatic rings. The zero-order chi connectivity index (χ0) is 23.9. The molecule has 0 radical (unpaired) electrons.